The minimum atomic E-state index is -0.191. The zero-order valence-corrected chi connectivity index (χ0v) is 13.9. The van der Waals surface area contributed by atoms with Gasteiger partial charge in [-0.2, -0.15) is 0 Å². The summed E-state index contributed by atoms with van der Waals surface area (Å²) in [6.45, 7) is 3.91. The minimum Gasteiger partial charge on any atom is -0.445 e. The van der Waals surface area contributed by atoms with Crippen molar-refractivity contribution in [3.05, 3.63) is 72.0 Å². The van der Waals surface area contributed by atoms with Crippen LogP contribution in [0.4, 0.5) is 5.69 Å². The Kier molecular flexibility index (Phi) is 3.57. The van der Waals surface area contributed by atoms with E-state index in [1.54, 1.807) is 12.3 Å². The quantitative estimate of drug-likeness (QED) is 0.618. The Bertz CT molecular complexity index is 1050. The van der Waals surface area contributed by atoms with Crippen LogP contribution in [0.1, 0.15) is 21.7 Å². The number of aryl methyl sites for hydroxylation is 2. The molecule has 6 heteroatoms. The van der Waals surface area contributed by atoms with Gasteiger partial charge >= 0.3 is 0 Å². The van der Waals surface area contributed by atoms with Crippen molar-refractivity contribution in [2.24, 2.45) is 0 Å². The lowest BCUT2D eigenvalue weighted by molar-refractivity contribution is 0.102. The first kappa shape index (κ1) is 15.1. The molecule has 0 fully saturated rings. The molecule has 0 aliphatic carbocycles. The van der Waals surface area contributed by atoms with Crippen LogP contribution in [0, 0.1) is 13.8 Å². The van der Waals surface area contributed by atoms with E-state index < -0.39 is 0 Å². The Hall–Kier alpha value is -3.41. The third-order valence-corrected chi connectivity index (χ3v) is 4.01. The lowest BCUT2D eigenvalue weighted by Crippen LogP contribution is -2.12. The van der Waals surface area contributed by atoms with Crippen molar-refractivity contribution in [2.45, 2.75) is 13.8 Å². The molecule has 1 amide bonds. The Labute approximate surface area is 144 Å². The highest BCUT2D eigenvalue weighted by Crippen LogP contribution is 2.21. The summed E-state index contributed by atoms with van der Waals surface area (Å²) in [6, 6.07) is 11.1. The average molecular weight is 332 g/mol. The van der Waals surface area contributed by atoms with Crippen LogP contribution in [0.2, 0.25) is 0 Å². The van der Waals surface area contributed by atoms with Crippen LogP contribution in [-0.4, -0.2) is 20.3 Å². The van der Waals surface area contributed by atoms with Crippen molar-refractivity contribution in [3.63, 3.8) is 0 Å². The number of anilines is 1. The van der Waals surface area contributed by atoms with Gasteiger partial charge in [-0.3, -0.25) is 4.79 Å². The highest BCUT2D eigenvalue weighted by atomic mass is 16.3. The summed E-state index contributed by atoms with van der Waals surface area (Å²) < 4.78 is 7.17. The van der Waals surface area contributed by atoms with E-state index >= 15 is 0 Å². The van der Waals surface area contributed by atoms with E-state index in [4.69, 9.17) is 4.42 Å². The molecule has 1 N–H and O–H groups in total. The number of carbonyl (C=O) groups excluding carboxylic acids is 1. The predicted molar refractivity (Wildman–Crippen MR) is 94.6 cm³/mol. The van der Waals surface area contributed by atoms with E-state index in [0.717, 1.165) is 17.0 Å². The summed E-state index contributed by atoms with van der Waals surface area (Å²) in [7, 11) is 0. The molecule has 0 unspecified atom stereocenters. The van der Waals surface area contributed by atoms with Gasteiger partial charge in [-0.05, 0) is 50.2 Å². The van der Waals surface area contributed by atoms with Gasteiger partial charge in [-0.15, -0.1) is 0 Å². The van der Waals surface area contributed by atoms with E-state index in [9.17, 15) is 4.79 Å². The number of rotatable bonds is 3. The van der Waals surface area contributed by atoms with Crippen LogP contribution in [0.5, 0.6) is 0 Å². The molecule has 0 saturated heterocycles. The molecule has 124 valence electrons. The number of oxazole rings is 1. The van der Waals surface area contributed by atoms with Crippen LogP contribution in [0.3, 0.4) is 0 Å². The Morgan fingerprint density at radius 1 is 1.16 bits per heavy atom. The highest BCUT2D eigenvalue weighted by Gasteiger charge is 2.14. The van der Waals surface area contributed by atoms with E-state index in [2.05, 4.69) is 15.3 Å². The molecule has 4 aromatic rings. The number of nitrogens with zero attached hydrogens (tertiary/aromatic N) is 3. The molecule has 1 aromatic carbocycles. The first-order chi connectivity index (χ1) is 12.1. The second kappa shape index (κ2) is 5.90. The topological polar surface area (TPSA) is 72.4 Å². The average Bonchev–Trinajstić information content (AvgIpc) is 3.25. The Morgan fingerprint density at radius 2 is 1.96 bits per heavy atom. The summed E-state index contributed by atoms with van der Waals surface area (Å²) >= 11 is 0. The number of hydrogen-bond donors (Lipinski definition) is 1. The number of aromatic nitrogens is 3. The van der Waals surface area contributed by atoms with E-state index in [0.29, 0.717) is 22.8 Å². The fourth-order valence-electron chi connectivity index (χ4n) is 2.83. The number of carbonyl (C=O) groups is 1. The summed E-state index contributed by atoms with van der Waals surface area (Å²) in [6.07, 6.45) is 4.98. The van der Waals surface area contributed by atoms with Gasteiger partial charge in [0, 0.05) is 28.8 Å². The van der Waals surface area contributed by atoms with Crippen molar-refractivity contribution in [1.82, 2.24) is 14.4 Å². The van der Waals surface area contributed by atoms with Crippen molar-refractivity contribution in [3.8, 4) is 11.5 Å². The van der Waals surface area contributed by atoms with Crippen LogP contribution < -0.4 is 5.32 Å². The van der Waals surface area contributed by atoms with Crippen molar-refractivity contribution >= 4 is 17.2 Å². The third-order valence-electron chi connectivity index (χ3n) is 4.01. The molecule has 6 nitrogen and oxygen atoms in total. The molecule has 0 aliphatic rings. The zero-order valence-electron chi connectivity index (χ0n) is 13.9. The summed E-state index contributed by atoms with van der Waals surface area (Å²) in [5, 5.41) is 2.90. The maximum atomic E-state index is 12.6. The van der Waals surface area contributed by atoms with Crippen LogP contribution >= 0.6 is 0 Å². The molecule has 0 radical (unpaired) electrons. The molecular weight excluding hydrogens is 316 g/mol. The number of nitrogens with one attached hydrogen (secondary N) is 1. The van der Waals surface area contributed by atoms with Gasteiger partial charge in [0.2, 0.25) is 5.89 Å². The van der Waals surface area contributed by atoms with Crippen LogP contribution in [0.25, 0.3) is 17.1 Å². The molecule has 3 aromatic heterocycles. The lowest BCUT2D eigenvalue weighted by atomic mass is 10.2. The van der Waals surface area contributed by atoms with Gasteiger partial charge in [-0.25, -0.2) is 9.97 Å². The molecule has 0 aliphatic heterocycles. The molecule has 25 heavy (non-hydrogen) atoms. The second-order valence-electron chi connectivity index (χ2n) is 5.83. The van der Waals surface area contributed by atoms with E-state index in [-0.39, 0.29) is 5.91 Å². The fourth-order valence-corrected chi connectivity index (χ4v) is 2.83. The lowest BCUT2D eigenvalue weighted by Gasteiger charge is -2.06. The standard InChI is InChI=1S/C19H16N4O2/c1-12-11-13(2)23-9-7-16(17(23)21-12)18(24)22-15-5-3-14(4-6-15)19-20-8-10-25-19/h3-11H,1-2H3,(H,22,24). The molecule has 0 atom stereocenters. The van der Waals surface area contributed by atoms with Crippen molar-refractivity contribution in [1.29, 1.82) is 0 Å². The first-order valence-corrected chi connectivity index (χ1v) is 7.88. The zero-order chi connectivity index (χ0) is 17.4. The number of benzene rings is 1. The van der Waals surface area contributed by atoms with Crippen LogP contribution in [0.15, 0.2) is 59.5 Å². The number of amides is 1. The predicted octanol–water partition coefficient (Wildman–Crippen LogP) is 3.86. The highest BCUT2D eigenvalue weighted by molar-refractivity contribution is 6.08. The van der Waals surface area contributed by atoms with Gasteiger partial charge < -0.3 is 14.1 Å². The van der Waals surface area contributed by atoms with Gasteiger partial charge in [0.15, 0.2) is 0 Å². The fraction of sp³-hybridized carbons (Fsp3) is 0.105. The maximum absolute atomic E-state index is 12.6. The summed E-state index contributed by atoms with van der Waals surface area (Å²) in [5.41, 5.74) is 4.68. The van der Waals surface area contributed by atoms with Gasteiger partial charge in [-0.1, -0.05) is 0 Å². The molecular formula is C19H16N4O2. The Balaban J connectivity index is 1.60. The van der Waals surface area contributed by atoms with Crippen molar-refractivity contribution < 1.29 is 9.21 Å². The minimum absolute atomic E-state index is 0.191. The molecule has 0 spiro atoms. The smallest absolute Gasteiger partial charge is 0.259 e. The molecule has 0 saturated carbocycles. The monoisotopic (exact) mass is 332 g/mol. The van der Waals surface area contributed by atoms with E-state index in [1.165, 1.54) is 6.26 Å². The maximum Gasteiger partial charge on any atom is 0.259 e. The molecule has 4 rings (SSSR count). The van der Waals surface area contributed by atoms with Gasteiger partial charge in [0.05, 0.1) is 11.8 Å². The van der Waals surface area contributed by atoms with E-state index in [1.807, 2.05) is 54.8 Å². The largest absolute Gasteiger partial charge is 0.445 e. The number of hydrogen-bond acceptors (Lipinski definition) is 4. The number of fused-ring (bicyclic) bond motifs is 1. The molecule has 3 heterocycles. The SMILES string of the molecule is Cc1cc(C)n2ccc(C(=O)Nc3ccc(-c4ncco4)cc3)c2n1. The normalized spacial score (nSPS) is 11.0. The van der Waals surface area contributed by atoms with Gasteiger partial charge in [0.25, 0.3) is 5.91 Å². The second-order valence-corrected chi connectivity index (χ2v) is 5.83. The summed E-state index contributed by atoms with van der Waals surface area (Å²) in [5.74, 6) is 0.357. The third kappa shape index (κ3) is 2.78. The van der Waals surface area contributed by atoms with Gasteiger partial charge in [0.1, 0.15) is 11.9 Å². The first-order valence-electron chi connectivity index (χ1n) is 7.88. The van der Waals surface area contributed by atoms with Crippen LogP contribution in [-0.2, 0) is 0 Å². The summed E-state index contributed by atoms with van der Waals surface area (Å²) in [4.78, 5) is 21.2. The van der Waals surface area contributed by atoms with Crippen molar-refractivity contribution in [2.75, 3.05) is 5.32 Å². The Morgan fingerprint density at radius 3 is 2.68 bits per heavy atom. The molecule has 0 bridgehead atoms.